The average Bonchev–Trinajstić information content (AvgIpc) is 2.20. The van der Waals surface area contributed by atoms with E-state index in [4.69, 9.17) is 0 Å². The maximum Gasteiger partial charge on any atom is 0.0236 e. The van der Waals surface area contributed by atoms with Crippen LogP contribution in [0, 0.1) is 6.92 Å². The van der Waals surface area contributed by atoms with E-state index in [1.807, 2.05) is 0 Å². The molecule has 0 radical (unpaired) electrons. The molecule has 0 N–H and O–H groups in total. The molecular weight excluding hydrogens is 182 g/mol. The summed E-state index contributed by atoms with van der Waals surface area (Å²) in [5.74, 6) is 0. The normalized spacial score (nSPS) is 21.4. The molecule has 1 heteroatoms. The van der Waals surface area contributed by atoms with Crippen LogP contribution >= 0.6 is 0 Å². The monoisotopic (exact) mass is 203 g/mol. The minimum absolute atomic E-state index is 0.754. The molecule has 1 aromatic carbocycles. The zero-order valence-electron chi connectivity index (χ0n) is 10.1. The number of likely N-dealkylation sites (N-methyl/N-ethyl adjacent to an activating group) is 1. The van der Waals surface area contributed by atoms with Crippen molar-refractivity contribution < 1.29 is 0 Å². The third-order valence-corrected chi connectivity index (χ3v) is 3.48. The van der Waals surface area contributed by atoms with Crippen LogP contribution in [-0.2, 0) is 13.0 Å². The Morgan fingerprint density at radius 3 is 2.87 bits per heavy atom. The summed E-state index contributed by atoms with van der Waals surface area (Å²) < 4.78 is 0. The zero-order chi connectivity index (χ0) is 10.8. The Morgan fingerprint density at radius 1 is 1.33 bits per heavy atom. The van der Waals surface area contributed by atoms with Crippen LogP contribution in [0.2, 0.25) is 0 Å². The average molecular weight is 203 g/mol. The Morgan fingerprint density at radius 2 is 2.13 bits per heavy atom. The van der Waals surface area contributed by atoms with Crippen LogP contribution in [0.4, 0.5) is 0 Å². The van der Waals surface area contributed by atoms with Crippen molar-refractivity contribution in [2.75, 3.05) is 7.05 Å². The van der Waals surface area contributed by atoms with Gasteiger partial charge in [-0.1, -0.05) is 37.1 Å². The maximum absolute atomic E-state index is 2.50. The van der Waals surface area contributed by atoms with Gasteiger partial charge in [-0.2, -0.15) is 0 Å². The Kier molecular flexibility index (Phi) is 3.11. The minimum Gasteiger partial charge on any atom is -0.299 e. The Labute approximate surface area is 93.1 Å². The third kappa shape index (κ3) is 2.23. The largest absolute Gasteiger partial charge is 0.299 e. The Hall–Kier alpha value is -0.820. The first kappa shape index (κ1) is 10.7. The lowest BCUT2D eigenvalue weighted by atomic mass is 9.91. The van der Waals surface area contributed by atoms with Crippen molar-refractivity contribution >= 4 is 0 Å². The topological polar surface area (TPSA) is 3.24 Å². The van der Waals surface area contributed by atoms with Gasteiger partial charge >= 0.3 is 0 Å². The van der Waals surface area contributed by atoms with Crippen LogP contribution in [0.1, 0.15) is 36.5 Å². The molecule has 0 saturated carbocycles. The van der Waals surface area contributed by atoms with Crippen molar-refractivity contribution in [3.05, 3.63) is 34.9 Å². The lowest BCUT2D eigenvalue weighted by Crippen LogP contribution is -2.37. The van der Waals surface area contributed by atoms with E-state index in [0.29, 0.717) is 0 Å². The highest BCUT2D eigenvalue weighted by Crippen LogP contribution is 2.25. The van der Waals surface area contributed by atoms with Gasteiger partial charge in [0.25, 0.3) is 0 Å². The standard InChI is InChI=1S/C14H21N/c1-4-5-14-9-13-8-11(2)6-7-12(13)10-15(14)3/h6-8,14H,4-5,9-10H2,1-3H3. The summed E-state index contributed by atoms with van der Waals surface area (Å²) in [5, 5.41) is 0. The first-order valence-electron chi connectivity index (χ1n) is 5.99. The summed E-state index contributed by atoms with van der Waals surface area (Å²) in [4.78, 5) is 2.50. The van der Waals surface area contributed by atoms with E-state index in [0.717, 1.165) is 12.6 Å². The van der Waals surface area contributed by atoms with Crippen molar-refractivity contribution in [1.82, 2.24) is 4.90 Å². The van der Waals surface area contributed by atoms with Crippen molar-refractivity contribution in [2.24, 2.45) is 0 Å². The third-order valence-electron chi connectivity index (χ3n) is 3.48. The second-order valence-corrected chi connectivity index (χ2v) is 4.83. The second kappa shape index (κ2) is 4.36. The van der Waals surface area contributed by atoms with Crippen molar-refractivity contribution in [1.29, 1.82) is 0 Å². The number of fused-ring (bicyclic) bond motifs is 1. The number of benzene rings is 1. The summed E-state index contributed by atoms with van der Waals surface area (Å²) in [6.07, 6.45) is 3.85. The fourth-order valence-corrected chi connectivity index (χ4v) is 2.56. The molecule has 0 bridgehead atoms. The lowest BCUT2D eigenvalue weighted by molar-refractivity contribution is 0.203. The predicted octanol–water partition coefficient (Wildman–Crippen LogP) is 3.15. The van der Waals surface area contributed by atoms with Crippen molar-refractivity contribution in [3.63, 3.8) is 0 Å². The summed E-state index contributed by atoms with van der Waals surface area (Å²) >= 11 is 0. The van der Waals surface area contributed by atoms with Gasteiger partial charge in [0.05, 0.1) is 0 Å². The number of rotatable bonds is 2. The summed E-state index contributed by atoms with van der Waals surface area (Å²) in [6.45, 7) is 5.59. The number of hydrogen-bond acceptors (Lipinski definition) is 1. The van der Waals surface area contributed by atoms with Crippen LogP contribution in [0.5, 0.6) is 0 Å². The first-order chi connectivity index (χ1) is 7.20. The highest BCUT2D eigenvalue weighted by molar-refractivity contribution is 5.33. The highest BCUT2D eigenvalue weighted by atomic mass is 15.1. The van der Waals surface area contributed by atoms with Crippen LogP contribution in [0.15, 0.2) is 18.2 Å². The molecule has 1 aliphatic rings. The van der Waals surface area contributed by atoms with Gasteiger partial charge in [0.15, 0.2) is 0 Å². The van der Waals surface area contributed by atoms with E-state index in [1.165, 1.54) is 30.4 Å². The fourth-order valence-electron chi connectivity index (χ4n) is 2.56. The molecule has 0 spiro atoms. The number of hydrogen-bond donors (Lipinski definition) is 0. The minimum atomic E-state index is 0.754. The Balaban J connectivity index is 2.22. The van der Waals surface area contributed by atoms with Crippen LogP contribution in [-0.4, -0.2) is 18.0 Å². The smallest absolute Gasteiger partial charge is 0.0236 e. The molecule has 0 amide bonds. The molecule has 1 atom stereocenters. The van der Waals surface area contributed by atoms with Gasteiger partial charge in [-0.3, -0.25) is 4.90 Å². The van der Waals surface area contributed by atoms with E-state index in [9.17, 15) is 0 Å². The molecule has 82 valence electrons. The van der Waals surface area contributed by atoms with Crippen molar-refractivity contribution in [3.8, 4) is 0 Å². The van der Waals surface area contributed by atoms with Gasteiger partial charge in [-0.05, 0) is 37.9 Å². The zero-order valence-corrected chi connectivity index (χ0v) is 10.1. The summed E-state index contributed by atoms with van der Waals surface area (Å²) in [5.41, 5.74) is 4.50. The lowest BCUT2D eigenvalue weighted by Gasteiger charge is -2.34. The summed E-state index contributed by atoms with van der Waals surface area (Å²) in [6, 6.07) is 7.64. The molecule has 1 heterocycles. The van der Waals surface area contributed by atoms with Crippen LogP contribution in [0.25, 0.3) is 0 Å². The van der Waals surface area contributed by atoms with E-state index >= 15 is 0 Å². The number of nitrogens with zero attached hydrogens (tertiary/aromatic N) is 1. The maximum atomic E-state index is 2.50. The van der Waals surface area contributed by atoms with Crippen LogP contribution in [0.3, 0.4) is 0 Å². The molecule has 1 unspecified atom stereocenters. The van der Waals surface area contributed by atoms with E-state index in [2.05, 4.69) is 44.0 Å². The van der Waals surface area contributed by atoms with Gasteiger partial charge in [0.1, 0.15) is 0 Å². The molecule has 0 aromatic heterocycles. The molecule has 15 heavy (non-hydrogen) atoms. The van der Waals surface area contributed by atoms with Gasteiger partial charge < -0.3 is 0 Å². The molecule has 0 aliphatic carbocycles. The van der Waals surface area contributed by atoms with Crippen LogP contribution < -0.4 is 0 Å². The Bertz CT molecular complexity index is 343. The highest BCUT2D eigenvalue weighted by Gasteiger charge is 2.22. The second-order valence-electron chi connectivity index (χ2n) is 4.83. The summed E-state index contributed by atoms with van der Waals surface area (Å²) in [7, 11) is 2.25. The van der Waals surface area contributed by atoms with E-state index in [-0.39, 0.29) is 0 Å². The fraction of sp³-hybridized carbons (Fsp3) is 0.571. The van der Waals surface area contributed by atoms with Gasteiger partial charge in [0, 0.05) is 12.6 Å². The van der Waals surface area contributed by atoms with Gasteiger partial charge in [-0.15, -0.1) is 0 Å². The van der Waals surface area contributed by atoms with Gasteiger partial charge in [0.2, 0.25) is 0 Å². The molecular formula is C14H21N. The molecule has 2 rings (SSSR count). The molecule has 1 nitrogen and oxygen atoms in total. The first-order valence-corrected chi connectivity index (χ1v) is 5.99. The molecule has 1 aromatic rings. The van der Waals surface area contributed by atoms with Crippen molar-refractivity contribution in [2.45, 2.75) is 45.7 Å². The molecule has 0 fully saturated rings. The quantitative estimate of drug-likeness (QED) is 0.713. The molecule has 1 aliphatic heterocycles. The van der Waals surface area contributed by atoms with E-state index in [1.54, 1.807) is 5.56 Å². The van der Waals surface area contributed by atoms with Gasteiger partial charge in [-0.25, -0.2) is 0 Å². The van der Waals surface area contributed by atoms with E-state index < -0.39 is 0 Å². The predicted molar refractivity (Wildman–Crippen MR) is 65.0 cm³/mol. The SMILES string of the molecule is CCCC1Cc2cc(C)ccc2CN1C. The number of aryl methyl sites for hydroxylation is 1. The molecule has 0 saturated heterocycles.